The first kappa shape index (κ1) is 30.0. The molecule has 0 radical (unpaired) electrons. The minimum atomic E-state index is 0.976. The zero-order valence-corrected chi connectivity index (χ0v) is 28.6. The van der Waals surface area contributed by atoms with Crippen LogP contribution in [0.5, 0.6) is 0 Å². The van der Waals surface area contributed by atoms with Crippen molar-refractivity contribution in [1.82, 2.24) is 9.97 Å². The Morgan fingerprint density at radius 2 is 0.680 bits per heavy atom. The summed E-state index contributed by atoms with van der Waals surface area (Å²) in [5.74, 6) is 0. The van der Waals surface area contributed by atoms with Crippen LogP contribution in [0.25, 0.3) is 41.3 Å². The summed E-state index contributed by atoms with van der Waals surface area (Å²) >= 11 is 3.57. The summed E-state index contributed by atoms with van der Waals surface area (Å²) in [4.78, 5) is 16.7. The van der Waals surface area contributed by atoms with Gasteiger partial charge in [0.2, 0.25) is 0 Å². The van der Waals surface area contributed by atoms with Gasteiger partial charge in [-0.25, -0.2) is 0 Å². The number of hydrogen-bond donors (Lipinski definition) is 0. The maximum absolute atomic E-state index is 4.94. The Bertz CT molecular complexity index is 2210. The Morgan fingerprint density at radius 1 is 0.340 bits per heavy atom. The highest BCUT2D eigenvalue weighted by molar-refractivity contribution is 7.23. The second kappa shape index (κ2) is 13.1. The number of para-hydroxylation sites is 4. The van der Waals surface area contributed by atoms with Gasteiger partial charge in [0, 0.05) is 32.1 Å². The van der Waals surface area contributed by atoms with Crippen LogP contribution in [0.2, 0.25) is 0 Å². The van der Waals surface area contributed by atoms with E-state index in [-0.39, 0.29) is 0 Å². The topological polar surface area (TPSA) is 32.3 Å². The molecule has 5 aromatic carbocycles. The quantitative estimate of drug-likeness (QED) is 0.160. The number of benzene rings is 5. The van der Waals surface area contributed by atoms with Gasteiger partial charge in [0.1, 0.15) is 0 Å². The monoisotopic (exact) mass is 678 g/mol. The largest absolute Gasteiger partial charge is 0.309 e. The van der Waals surface area contributed by atoms with E-state index in [1.807, 2.05) is 36.7 Å². The zero-order valence-electron chi connectivity index (χ0n) is 26.9. The highest BCUT2D eigenvalue weighted by Gasteiger charge is 2.16. The zero-order chi connectivity index (χ0) is 33.3. The lowest BCUT2D eigenvalue weighted by Gasteiger charge is -2.25. The van der Waals surface area contributed by atoms with Gasteiger partial charge in [-0.05, 0) is 108 Å². The third-order valence-electron chi connectivity index (χ3n) is 8.73. The molecule has 4 nitrogen and oxygen atoms in total. The van der Waals surface area contributed by atoms with E-state index in [1.54, 1.807) is 22.7 Å². The maximum Gasteiger partial charge on any atom is 0.0803 e. The van der Waals surface area contributed by atoms with E-state index >= 15 is 0 Å². The lowest BCUT2D eigenvalue weighted by Crippen LogP contribution is -2.09. The fourth-order valence-electron chi connectivity index (χ4n) is 6.36. The smallest absolute Gasteiger partial charge is 0.0803 e. The van der Waals surface area contributed by atoms with E-state index in [0.717, 1.165) is 55.3 Å². The Hall–Kier alpha value is -6.08. The van der Waals surface area contributed by atoms with Crippen molar-refractivity contribution in [3.8, 4) is 21.1 Å². The molecule has 0 amide bonds. The third-order valence-corrected chi connectivity index (χ3v) is 11.0. The van der Waals surface area contributed by atoms with Crippen molar-refractivity contribution >= 4 is 77.0 Å². The molecule has 0 saturated carbocycles. The molecule has 0 fully saturated rings. The molecule has 0 N–H and O–H groups in total. The van der Waals surface area contributed by atoms with Crippen molar-refractivity contribution in [3.05, 3.63) is 182 Å². The third kappa shape index (κ3) is 5.81. The number of nitrogens with zero attached hydrogens (tertiary/aromatic N) is 4. The Balaban J connectivity index is 0.991. The maximum atomic E-state index is 4.94. The average molecular weight is 679 g/mol. The molecule has 0 bridgehead atoms. The summed E-state index contributed by atoms with van der Waals surface area (Å²) in [6.07, 6.45) is 3.95. The van der Waals surface area contributed by atoms with Crippen LogP contribution in [-0.2, 0) is 0 Å². The molecular weight excluding hydrogens is 649 g/mol. The number of hydrogen-bond acceptors (Lipinski definition) is 6. The summed E-state index contributed by atoms with van der Waals surface area (Å²) < 4.78 is 2.50. The normalized spacial score (nSPS) is 11.2. The Kier molecular flexibility index (Phi) is 7.85. The highest BCUT2D eigenvalue weighted by atomic mass is 32.1. The molecule has 9 aromatic rings. The standard InChI is InChI=1S/C44H30N4S2/c1-5-13-33(14-6-1)47(34-15-7-2-8-16-34)37-21-23-39(45-29-37)43-27-31-25-42-32(26-41(31)49-43)28-44(50-42)40-24-22-38(30-46-40)48(35-17-9-3-10-18-35)36-19-11-4-12-20-36/h1-30H. The van der Waals surface area contributed by atoms with E-state index in [4.69, 9.17) is 9.97 Å². The van der Waals surface area contributed by atoms with Gasteiger partial charge in [-0.2, -0.15) is 0 Å². The molecule has 0 aliphatic rings. The van der Waals surface area contributed by atoms with Gasteiger partial charge >= 0.3 is 0 Å². The van der Waals surface area contributed by atoms with Crippen molar-refractivity contribution in [1.29, 1.82) is 0 Å². The molecule has 0 unspecified atom stereocenters. The van der Waals surface area contributed by atoms with Crippen molar-refractivity contribution < 1.29 is 0 Å². The molecular formula is C44H30N4S2. The molecule has 50 heavy (non-hydrogen) atoms. The van der Waals surface area contributed by atoms with Crippen LogP contribution in [0.15, 0.2) is 182 Å². The van der Waals surface area contributed by atoms with Crippen molar-refractivity contribution in [2.24, 2.45) is 0 Å². The summed E-state index contributed by atoms with van der Waals surface area (Å²) in [6.45, 7) is 0. The molecule has 0 saturated heterocycles. The molecule has 9 rings (SSSR count). The van der Waals surface area contributed by atoms with Crippen molar-refractivity contribution in [2.75, 3.05) is 9.80 Å². The van der Waals surface area contributed by atoms with E-state index < -0.39 is 0 Å². The van der Waals surface area contributed by atoms with E-state index in [1.165, 1.54) is 20.2 Å². The predicted molar refractivity (Wildman–Crippen MR) is 213 cm³/mol. The first-order valence-corrected chi connectivity index (χ1v) is 18.1. The van der Waals surface area contributed by atoms with Gasteiger partial charge in [0.15, 0.2) is 0 Å². The van der Waals surface area contributed by atoms with Crippen LogP contribution in [0.1, 0.15) is 0 Å². The molecule has 4 heterocycles. The molecule has 0 aliphatic carbocycles. The molecule has 6 heteroatoms. The summed E-state index contributed by atoms with van der Waals surface area (Å²) in [5, 5.41) is 2.47. The SMILES string of the molecule is c1ccc(N(c2ccccc2)c2ccc(-c3cc4cc5sc(-c6ccc(N(c7ccccc7)c7ccccc7)cn6)cc5cc4s3)nc2)cc1. The number of anilines is 6. The summed E-state index contributed by atoms with van der Waals surface area (Å²) in [7, 11) is 0. The number of fused-ring (bicyclic) bond motifs is 2. The fourth-order valence-corrected chi connectivity index (χ4v) is 8.49. The van der Waals surface area contributed by atoms with E-state index in [9.17, 15) is 0 Å². The van der Waals surface area contributed by atoms with E-state index in [0.29, 0.717) is 0 Å². The number of rotatable bonds is 8. The van der Waals surface area contributed by atoms with Crippen molar-refractivity contribution in [3.63, 3.8) is 0 Å². The second-order valence-corrected chi connectivity index (χ2v) is 14.1. The van der Waals surface area contributed by atoms with Gasteiger partial charge in [0.05, 0.1) is 44.9 Å². The second-order valence-electron chi connectivity index (χ2n) is 12.0. The van der Waals surface area contributed by atoms with Gasteiger partial charge in [0.25, 0.3) is 0 Å². The molecule has 4 aromatic heterocycles. The molecule has 0 atom stereocenters. The minimum absolute atomic E-state index is 0.976. The van der Waals surface area contributed by atoms with Crippen LogP contribution >= 0.6 is 22.7 Å². The molecule has 238 valence electrons. The van der Waals surface area contributed by atoms with Crippen LogP contribution < -0.4 is 9.80 Å². The summed E-state index contributed by atoms with van der Waals surface area (Å²) in [6, 6.07) is 59.4. The predicted octanol–water partition coefficient (Wildman–Crippen LogP) is 13.2. The molecule has 0 aliphatic heterocycles. The van der Waals surface area contributed by atoms with Crippen molar-refractivity contribution in [2.45, 2.75) is 0 Å². The summed E-state index contributed by atoms with van der Waals surface area (Å²) in [5.41, 5.74) is 8.39. The number of thiophene rings is 2. The molecule has 0 spiro atoms. The number of aromatic nitrogens is 2. The highest BCUT2D eigenvalue weighted by Crippen LogP contribution is 2.41. The van der Waals surface area contributed by atoms with Gasteiger partial charge in [-0.1, -0.05) is 72.8 Å². The Labute approximate surface area is 298 Å². The van der Waals surface area contributed by atoms with Gasteiger partial charge in [-0.15, -0.1) is 22.7 Å². The van der Waals surface area contributed by atoms with Crippen LogP contribution in [0.4, 0.5) is 34.1 Å². The Morgan fingerprint density at radius 3 is 0.980 bits per heavy atom. The lowest BCUT2D eigenvalue weighted by atomic mass is 10.1. The van der Waals surface area contributed by atoms with Gasteiger partial charge in [-0.3, -0.25) is 9.97 Å². The van der Waals surface area contributed by atoms with Crippen LogP contribution in [0, 0.1) is 0 Å². The number of pyridine rings is 2. The first-order valence-electron chi connectivity index (χ1n) is 16.5. The van der Waals surface area contributed by atoms with Crippen LogP contribution in [0.3, 0.4) is 0 Å². The van der Waals surface area contributed by atoms with Crippen LogP contribution in [-0.4, -0.2) is 9.97 Å². The van der Waals surface area contributed by atoms with Gasteiger partial charge < -0.3 is 9.80 Å². The minimum Gasteiger partial charge on any atom is -0.309 e. The first-order chi connectivity index (χ1) is 24.8. The average Bonchev–Trinajstić information content (AvgIpc) is 3.80. The fraction of sp³-hybridized carbons (Fsp3) is 0. The van der Waals surface area contributed by atoms with E-state index in [2.05, 4.69) is 155 Å². The lowest BCUT2D eigenvalue weighted by molar-refractivity contribution is 1.23.